The van der Waals surface area contributed by atoms with Crippen LogP contribution in [0.15, 0.2) is 47.4 Å². The Morgan fingerprint density at radius 3 is 2.67 bits per heavy atom. The summed E-state index contributed by atoms with van der Waals surface area (Å²) in [4.78, 5) is 0.244. The number of nitrogens with one attached hydrogen (secondary N) is 1. The van der Waals surface area contributed by atoms with Crippen molar-refractivity contribution in [2.45, 2.75) is 37.1 Å². The van der Waals surface area contributed by atoms with Crippen LogP contribution >= 0.6 is 0 Å². The highest BCUT2D eigenvalue weighted by atomic mass is 32.2. The van der Waals surface area contributed by atoms with Crippen molar-refractivity contribution in [3.05, 3.63) is 53.6 Å². The van der Waals surface area contributed by atoms with Gasteiger partial charge in [0.2, 0.25) is 10.0 Å². The van der Waals surface area contributed by atoms with Crippen LogP contribution in [0.3, 0.4) is 0 Å². The van der Waals surface area contributed by atoms with E-state index < -0.39 is 10.0 Å². The van der Waals surface area contributed by atoms with Gasteiger partial charge in [-0.15, -0.1) is 0 Å². The molecule has 24 heavy (non-hydrogen) atoms. The van der Waals surface area contributed by atoms with E-state index in [0.717, 1.165) is 30.4 Å². The molecule has 0 saturated carbocycles. The number of aryl methyl sites for hydroxylation is 1. The number of anilines is 1. The average Bonchev–Trinajstić information content (AvgIpc) is 2.55. The fourth-order valence-corrected chi connectivity index (χ4v) is 4.34. The van der Waals surface area contributed by atoms with Gasteiger partial charge in [-0.1, -0.05) is 6.07 Å². The maximum absolute atomic E-state index is 12.7. The third-order valence-electron chi connectivity index (χ3n) is 4.22. The molecule has 5 nitrogen and oxygen atoms in total. The van der Waals surface area contributed by atoms with Gasteiger partial charge < -0.3 is 10.5 Å². The lowest BCUT2D eigenvalue weighted by atomic mass is 9.88. The van der Waals surface area contributed by atoms with E-state index in [1.165, 1.54) is 0 Å². The SMILES string of the molecule is CCOc1ccc(S(=O)(=O)NC2CCCc3cc(N)ccc32)cc1. The second-order valence-electron chi connectivity index (χ2n) is 5.93. The maximum Gasteiger partial charge on any atom is 0.241 e. The molecule has 2 aromatic carbocycles. The molecule has 0 bridgehead atoms. The van der Waals surface area contributed by atoms with E-state index in [0.29, 0.717) is 18.0 Å². The highest BCUT2D eigenvalue weighted by Gasteiger charge is 2.25. The molecule has 0 aliphatic heterocycles. The van der Waals surface area contributed by atoms with Crippen molar-refractivity contribution < 1.29 is 13.2 Å². The van der Waals surface area contributed by atoms with Crippen LogP contribution in [0.25, 0.3) is 0 Å². The molecule has 0 aromatic heterocycles. The minimum absolute atomic E-state index is 0.217. The lowest BCUT2D eigenvalue weighted by molar-refractivity contribution is 0.340. The molecule has 3 rings (SSSR count). The Balaban J connectivity index is 1.83. The molecule has 1 aliphatic carbocycles. The topological polar surface area (TPSA) is 81.4 Å². The van der Waals surface area contributed by atoms with Crippen molar-refractivity contribution in [3.8, 4) is 5.75 Å². The number of sulfonamides is 1. The first kappa shape index (κ1) is 16.8. The second-order valence-corrected chi connectivity index (χ2v) is 7.64. The number of ether oxygens (including phenoxy) is 1. The Morgan fingerprint density at radius 2 is 1.96 bits per heavy atom. The standard InChI is InChI=1S/C18H22N2O3S/c1-2-23-15-7-9-16(10-8-15)24(21,22)20-18-5-3-4-13-12-14(19)6-11-17(13)18/h6-12,18,20H,2-5,19H2,1H3. The molecule has 0 fully saturated rings. The van der Waals surface area contributed by atoms with Crippen LogP contribution in [-0.4, -0.2) is 15.0 Å². The molecule has 3 N–H and O–H groups in total. The Kier molecular flexibility index (Phi) is 4.78. The minimum atomic E-state index is -3.58. The molecule has 2 aromatic rings. The number of benzene rings is 2. The zero-order valence-corrected chi connectivity index (χ0v) is 14.5. The van der Waals surface area contributed by atoms with E-state index in [4.69, 9.17) is 10.5 Å². The first-order valence-corrected chi connectivity index (χ1v) is 9.61. The summed E-state index contributed by atoms with van der Waals surface area (Å²) >= 11 is 0. The average molecular weight is 346 g/mol. The first-order chi connectivity index (χ1) is 11.5. The zero-order chi connectivity index (χ0) is 17.2. The number of fused-ring (bicyclic) bond motifs is 1. The number of hydrogen-bond donors (Lipinski definition) is 2. The van der Waals surface area contributed by atoms with E-state index in [1.54, 1.807) is 24.3 Å². The Morgan fingerprint density at radius 1 is 1.21 bits per heavy atom. The summed E-state index contributed by atoms with van der Waals surface area (Å²) in [6.07, 6.45) is 2.65. The Bertz CT molecular complexity index is 817. The van der Waals surface area contributed by atoms with Crippen LogP contribution in [0.4, 0.5) is 5.69 Å². The summed E-state index contributed by atoms with van der Waals surface area (Å²) in [6, 6.07) is 12.0. The van der Waals surface area contributed by atoms with Gasteiger partial charge in [0, 0.05) is 11.7 Å². The van der Waals surface area contributed by atoms with E-state index >= 15 is 0 Å². The summed E-state index contributed by atoms with van der Waals surface area (Å²) < 4.78 is 33.5. The van der Waals surface area contributed by atoms with Gasteiger partial charge in [0.15, 0.2) is 0 Å². The molecular weight excluding hydrogens is 324 g/mol. The normalized spacial score (nSPS) is 17.3. The predicted molar refractivity (Wildman–Crippen MR) is 94.5 cm³/mol. The van der Waals surface area contributed by atoms with Crippen molar-refractivity contribution in [2.24, 2.45) is 0 Å². The molecule has 0 heterocycles. The molecule has 6 heteroatoms. The predicted octanol–water partition coefficient (Wildman–Crippen LogP) is 3.02. The van der Waals surface area contributed by atoms with E-state index in [2.05, 4.69) is 4.72 Å². The van der Waals surface area contributed by atoms with Crippen LogP contribution < -0.4 is 15.2 Å². The van der Waals surface area contributed by atoms with Gasteiger partial charge in [-0.25, -0.2) is 13.1 Å². The Hall–Kier alpha value is -2.05. The molecule has 128 valence electrons. The van der Waals surface area contributed by atoms with Crippen molar-refractivity contribution in [1.29, 1.82) is 0 Å². The van der Waals surface area contributed by atoms with Gasteiger partial charge in [-0.2, -0.15) is 0 Å². The fourth-order valence-electron chi connectivity index (χ4n) is 3.09. The highest BCUT2D eigenvalue weighted by Crippen LogP contribution is 2.32. The van der Waals surface area contributed by atoms with E-state index in [1.807, 2.05) is 25.1 Å². The number of nitrogens with two attached hydrogens (primary N) is 1. The van der Waals surface area contributed by atoms with Crippen molar-refractivity contribution in [3.63, 3.8) is 0 Å². The van der Waals surface area contributed by atoms with E-state index in [-0.39, 0.29) is 10.9 Å². The van der Waals surface area contributed by atoms with Crippen LogP contribution in [0.1, 0.15) is 36.9 Å². The zero-order valence-electron chi connectivity index (χ0n) is 13.7. The maximum atomic E-state index is 12.7. The van der Waals surface area contributed by atoms with Crippen molar-refractivity contribution in [1.82, 2.24) is 4.72 Å². The second kappa shape index (κ2) is 6.83. The van der Waals surface area contributed by atoms with Crippen LogP contribution in [0.5, 0.6) is 5.75 Å². The summed E-state index contributed by atoms with van der Waals surface area (Å²) in [5.41, 5.74) is 8.69. The summed E-state index contributed by atoms with van der Waals surface area (Å²) in [5, 5.41) is 0. The van der Waals surface area contributed by atoms with Crippen LogP contribution in [0, 0.1) is 0 Å². The minimum Gasteiger partial charge on any atom is -0.494 e. The largest absolute Gasteiger partial charge is 0.494 e. The molecule has 1 aliphatic rings. The van der Waals surface area contributed by atoms with Crippen LogP contribution in [-0.2, 0) is 16.4 Å². The molecule has 1 unspecified atom stereocenters. The van der Waals surface area contributed by atoms with Crippen LogP contribution in [0.2, 0.25) is 0 Å². The molecule has 1 atom stereocenters. The van der Waals surface area contributed by atoms with Gasteiger partial charge in [-0.3, -0.25) is 0 Å². The van der Waals surface area contributed by atoms with Crippen molar-refractivity contribution in [2.75, 3.05) is 12.3 Å². The summed E-state index contributed by atoms with van der Waals surface area (Å²) in [7, 11) is -3.58. The molecule has 0 radical (unpaired) electrons. The molecule has 0 saturated heterocycles. The third-order valence-corrected chi connectivity index (χ3v) is 5.71. The number of hydrogen-bond acceptors (Lipinski definition) is 4. The highest BCUT2D eigenvalue weighted by molar-refractivity contribution is 7.89. The van der Waals surface area contributed by atoms with Crippen molar-refractivity contribution >= 4 is 15.7 Å². The quantitative estimate of drug-likeness (QED) is 0.816. The van der Waals surface area contributed by atoms with Gasteiger partial charge in [0.25, 0.3) is 0 Å². The summed E-state index contributed by atoms with van der Waals surface area (Å²) in [5.74, 6) is 0.662. The molecule has 0 spiro atoms. The molecule has 0 amide bonds. The number of rotatable bonds is 5. The van der Waals surface area contributed by atoms with Gasteiger partial charge in [-0.05, 0) is 73.7 Å². The summed E-state index contributed by atoms with van der Waals surface area (Å²) in [6.45, 7) is 2.44. The molecular formula is C18H22N2O3S. The lowest BCUT2D eigenvalue weighted by Crippen LogP contribution is -2.31. The monoisotopic (exact) mass is 346 g/mol. The number of nitrogen functional groups attached to an aromatic ring is 1. The third kappa shape index (κ3) is 3.55. The lowest BCUT2D eigenvalue weighted by Gasteiger charge is -2.26. The first-order valence-electron chi connectivity index (χ1n) is 8.13. The smallest absolute Gasteiger partial charge is 0.241 e. The van der Waals surface area contributed by atoms with Gasteiger partial charge in [0.1, 0.15) is 5.75 Å². The van der Waals surface area contributed by atoms with E-state index in [9.17, 15) is 8.42 Å². The van der Waals surface area contributed by atoms with Gasteiger partial charge in [0.05, 0.1) is 11.5 Å². The Labute approximate surface area is 142 Å². The fraction of sp³-hybridized carbons (Fsp3) is 0.333. The van der Waals surface area contributed by atoms with Gasteiger partial charge >= 0.3 is 0 Å².